The molecule has 0 saturated heterocycles. The molecule has 0 fully saturated rings. The van der Waals surface area contributed by atoms with Gasteiger partial charge in [0.1, 0.15) is 4.83 Å². The van der Waals surface area contributed by atoms with Gasteiger partial charge in [-0.05, 0) is 35.7 Å². The molecule has 2 rings (SSSR count). The molecule has 0 unspecified atom stereocenters. The van der Waals surface area contributed by atoms with Gasteiger partial charge in [0, 0.05) is 18.0 Å². The Morgan fingerprint density at radius 3 is 2.67 bits per heavy atom. The fourth-order valence-corrected chi connectivity index (χ4v) is 2.34. The fourth-order valence-electron chi connectivity index (χ4n) is 1.77. The maximum Gasteiger partial charge on any atom is 0.180 e. The second kappa shape index (κ2) is 5.91. The lowest BCUT2D eigenvalue weighted by Gasteiger charge is -2.09. The molecule has 0 aliphatic carbocycles. The van der Waals surface area contributed by atoms with Crippen molar-refractivity contribution >= 4 is 21.7 Å². The van der Waals surface area contributed by atoms with Gasteiger partial charge in [-0.15, -0.1) is 0 Å². The highest BCUT2D eigenvalue weighted by molar-refractivity contribution is 9.09. The number of rotatable bonds is 4. The first-order valence-electron chi connectivity index (χ1n) is 5.89. The van der Waals surface area contributed by atoms with Gasteiger partial charge in [0.15, 0.2) is 5.78 Å². The summed E-state index contributed by atoms with van der Waals surface area (Å²) in [5.41, 5.74) is 2.85. The molecule has 3 heteroatoms. The van der Waals surface area contributed by atoms with Gasteiger partial charge in [-0.1, -0.05) is 41.1 Å². The van der Waals surface area contributed by atoms with Crippen molar-refractivity contribution in [3.8, 4) is 0 Å². The monoisotopic (exact) mass is 303 g/mol. The molecular formula is C15H14BrNO. The number of carbonyl (C=O) groups is 1. The lowest BCUT2D eigenvalue weighted by molar-refractivity contribution is 0.0991. The number of alkyl halides is 1. The number of aromatic nitrogens is 1. The van der Waals surface area contributed by atoms with Crippen LogP contribution in [0.3, 0.4) is 0 Å². The lowest BCUT2D eigenvalue weighted by Crippen LogP contribution is -2.07. The van der Waals surface area contributed by atoms with E-state index in [2.05, 4.69) is 27.8 Å². The van der Waals surface area contributed by atoms with Gasteiger partial charge in [-0.25, -0.2) is 0 Å². The lowest BCUT2D eigenvalue weighted by atomic mass is 10.0. The summed E-state index contributed by atoms with van der Waals surface area (Å²) in [6, 6.07) is 11.5. The number of ketones is 1. The summed E-state index contributed by atoms with van der Waals surface area (Å²) in [7, 11) is 0. The van der Waals surface area contributed by atoms with Crippen LogP contribution in [0, 0.1) is 0 Å². The first kappa shape index (κ1) is 13.0. The first-order chi connectivity index (χ1) is 8.72. The Bertz CT molecular complexity index is 539. The van der Waals surface area contributed by atoms with Gasteiger partial charge in [0.2, 0.25) is 0 Å². The van der Waals surface area contributed by atoms with E-state index in [9.17, 15) is 4.79 Å². The minimum atomic E-state index is -0.312. The van der Waals surface area contributed by atoms with E-state index in [4.69, 9.17) is 0 Å². The van der Waals surface area contributed by atoms with Crippen LogP contribution in [0.1, 0.15) is 33.2 Å². The van der Waals surface area contributed by atoms with Gasteiger partial charge in [0.05, 0.1) is 0 Å². The van der Waals surface area contributed by atoms with Crippen molar-refractivity contribution in [1.29, 1.82) is 0 Å². The van der Waals surface area contributed by atoms with Gasteiger partial charge in [-0.3, -0.25) is 9.78 Å². The van der Waals surface area contributed by atoms with Crippen molar-refractivity contribution in [2.45, 2.75) is 18.2 Å². The Labute approximate surface area is 115 Å². The molecule has 0 radical (unpaired) electrons. The van der Waals surface area contributed by atoms with E-state index in [0.29, 0.717) is 0 Å². The van der Waals surface area contributed by atoms with Crippen molar-refractivity contribution in [1.82, 2.24) is 4.98 Å². The Morgan fingerprint density at radius 1 is 1.28 bits per heavy atom. The van der Waals surface area contributed by atoms with E-state index in [1.165, 1.54) is 5.56 Å². The maximum atomic E-state index is 12.3. The summed E-state index contributed by atoms with van der Waals surface area (Å²) < 4.78 is 0. The number of hydrogen-bond donors (Lipinski definition) is 0. The highest BCUT2D eigenvalue weighted by Gasteiger charge is 2.18. The van der Waals surface area contributed by atoms with E-state index in [1.54, 1.807) is 12.4 Å². The standard InChI is InChI=1S/C15H14BrNO/c1-2-11-4-3-5-13(10-11)15(18)14(16)12-6-8-17-9-7-12/h3-10,14H,2H2,1H3/t14-/m0/s1. The smallest absolute Gasteiger partial charge is 0.180 e. The second-order valence-electron chi connectivity index (χ2n) is 4.06. The number of benzene rings is 1. The zero-order valence-corrected chi connectivity index (χ0v) is 11.7. The highest BCUT2D eigenvalue weighted by Crippen LogP contribution is 2.26. The van der Waals surface area contributed by atoms with Gasteiger partial charge in [0.25, 0.3) is 0 Å². The molecule has 1 atom stereocenters. The summed E-state index contributed by atoms with van der Waals surface area (Å²) in [6.45, 7) is 2.08. The van der Waals surface area contributed by atoms with Crippen LogP contribution in [0.4, 0.5) is 0 Å². The summed E-state index contributed by atoms with van der Waals surface area (Å²) in [5, 5.41) is 0. The first-order valence-corrected chi connectivity index (χ1v) is 6.81. The molecule has 2 nitrogen and oxygen atoms in total. The average molecular weight is 304 g/mol. The van der Waals surface area contributed by atoms with Crippen LogP contribution in [-0.4, -0.2) is 10.8 Å². The Kier molecular flexibility index (Phi) is 4.26. The molecule has 0 amide bonds. The quantitative estimate of drug-likeness (QED) is 0.632. The SMILES string of the molecule is CCc1cccc(C(=O)[C@@H](Br)c2ccncc2)c1. The van der Waals surface area contributed by atoms with Crippen molar-refractivity contribution in [2.75, 3.05) is 0 Å². The summed E-state index contributed by atoms with van der Waals surface area (Å²) in [6.07, 6.45) is 4.32. The van der Waals surface area contributed by atoms with E-state index in [0.717, 1.165) is 17.5 Å². The largest absolute Gasteiger partial charge is 0.293 e. The number of hydrogen-bond acceptors (Lipinski definition) is 2. The van der Waals surface area contributed by atoms with Crippen LogP contribution < -0.4 is 0 Å². The molecule has 0 spiro atoms. The summed E-state index contributed by atoms with van der Waals surface area (Å²) >= 11 is 3.46. The topological polar surface area (TPSA) is 30.0 Å². The number of Topliss-reactive ketones (excluding diaryl/α,β-unsaturated/α-hetero) is 1. The van der Waals surface area contributed by atoms with Gasteiger partial charge >= 0.3 is 0 Å². The Morgan fingerprint density at radius 2 is 2.00 bits per heavy atom. The predicted octanol–water partition coefficient (Wildman–Crippen LogP) is 3.96. The molecule has 0 aliphatic heterocycles. The van der Waals surface area contributed by atoms with Crippen LogP contribution in [0.15, 0.2) is 48.8 Å². The number of carbonyl (C=O) groups excluding carboxylic acids is 1. The van der Waals surface area contributed by atoms with Crippen LogP contribution >= 0.6 is 15.9 Å². The summed E-state index contributed by atoms with van der Waals surface area (Å²) in [4.78, 5) is 16.0. The normalized spacial score (nSPS) is 12.1. The minimum Gasteiger partial charge on any atom is -0.293 e. The number of halogens is 1. The number of pyridine rings is 1. The maximum absolute atomic E-state index is 12.3. The predicted molar refractivity (Wildman–Crippen MR) is 76.1 cm³/mol. The van der Waals surface area contributed by atoms with E-state index in [1.807, 2.05) is 36.4 Å². The van der Waals surface area contributed by atoms with Gasteiger partial charge in [-0.2, -0.15) is 0 Å². The number of nitrogens with zero attached hydrogens (tertiary/aromatic N) is 1. The molecule has 1 heterocycles. The van der Waals surface area contributed by atoms with Crippen LogP contribution in [0.5, 0.6) is 0 Å². The second-order valence-corrected chi connectivity index (χ2v) is 4.98. The zero-order chi connectivity index (χ0) is 13.0. The molecule has 2 aromatic rings. The third-order valence-electron chi connectivity index (χ3n) is 2.85. The molecule has 92 valence electrons. The van der Waals surface area contributed by atoms with E-state index < -0.39 is 0 Å². The zero-order valence-electron chi connectivity index (χ0n) is 10.1. The molecule has 0 saturated carbocycles. The van der Waals surface area contributed by atoms with Crippen LogP contribution in [0.2, 0.25) is 0 Å². The number of aryl methyl sites for hydroxylation is 1. The molecule has 0 bridgehead atoms. The van der Waals surface area contributed by atoms with Gasteiger partial charge < -0.3 is 0 Å². The third kappa shape index (κ3) is 2.85. The minimum absolute atomic E-state index is 0.0801. The van der Waals surface area contributed by atoms with E-state index >= 15 is 0 Å². The summed E-state index contributed by atoms with van der Waals surface area (Å²) in [5.74, 6) is 0.0801. The van der Waals surface area contributed by atoms with Crippen LogP contribution in [0.25, 0.3) is 0 Å². The van der Waals surface area contributed by atoms with Crippen molar-refractivity contribution < 1.29 is 4.79 Å². The van der Waals surface area contributed by atoms with Crippen molar-refractivity contribution in [3.63, 3.8) is 0 Å². The Hall–Kier alpha value is -1.48. The molecule has 0 aliphatic rings. The van der Waals surface area contributed by atoms with Crippen molar-refractivity contribution in [2.24, 2.45) is 0 Å². The molecular weight excluding hydrogens is 290 g/mol. The third-order valence-corrected chi connectivity index (χ3v) is 3.79. The van der Waals surface area contributed by atoms with Crippen molar-refractivity contribution in [3.05, 3.63) is 65.5 Å². The Balaban J connectivity index is 2.25. The average Bonchev–Trinajstić information content (AvgIpc) is 2.46. The van der Waals surface area contributed by atoms with E-state index in [-0.39, 0.29) is 10.6 Å². The molecule has 0 N–H and O–H groups in total. The molecule has 1 aromatic carbocycles. The molecule has 18 heavy (non-hydrogen) atoms. The fraction of sp³-hybridized carbons (Fsp3) is 0.200. The van der Waals surface area contributed by atoms with Crippen LogP contribution in [-0.2, 0) is 6.42 Å². The highest BCUT2D eigenvalue weighted by atomic mass is 79.9. The molecule has 1 aromatic heterocycles.